The van der Waals surface area contributed by atoms with Crippen molar-refractivity contribution in [3.8, 4) is 0 Å². The van der Waals surface area contributed by atoms with Crippen LogP contribution in [0, 0.1) is 18.8 Å². The molecule has 1 aromatic carbocycles. The minimum atomic E-state index is -0.860. The summed E-state index contributed by atoms with van der Waals surface area (Å²) in [7, 11) is 0. The largest absolute Gasteiger partial charge is 0.481 e. The van der Waals surface area contributed by atoms with E-state index in [1.165, 1.54) is 11.1 Å². The predicted molar refractivity (Wildman–Crippen MR) is 94.1 cm³/mol. The number of anilines is 1. The van der Waals surface area contributed by atoms with E-state index in [9.17, 15) is 14.7 Å². The van der Waals surface area contributed by atoms with Crippen LogP contribution in [0.1, 0.15) is 44.2 Å². The van der Waals surface area contributed by atoms with Crippen LogP contribution in [-0.4, -0.2) is 23.5 Å². The average molecular weight is 327 g/mol. The van der Waals surface area contributed by atoms with Gasteiger partial charge in [-0.15, -0.1) is 0 Å². The van der Waals surface area contributed by atoms with Crippen LogP contribution >= 0.6 is 0 Å². The molecule has 0 unspecified atom stereocenters. The summed E-state index contributed by atoms with van der Waals surface area (Å²) >= 11 is 0. The van der Waals surface area contributed by atoms with Gasteiger partial charge in [0.1, 0.15) is 0 Å². The van der Waals surface area contributed by atoms with Crippen molar-refractivity contribution >= 4 is 17.6 Å². The summed E-state index contributed by atoms with van der Waals surface area (Å²) in [5, 5.41) is 9.60. The SMILES string of the molecule is CC1=C(C)C[C@@H](C(=O)N2CCCc3cc(C)ccc32)[C@@H](C(=O)O)C1. The number of aryl methyl sites for hydroxylation is 2. The van der Waals surface area contributed by atoms with E-state index in [-0.39, 0.29) is 5.91 Å². The third-order valence-corrected chi connectivity index (χ3v) is 5.52. The molecule has 2 atom stereocenters. The highest BCUT2D eigenvalue weighted by atomic mass is 16.4. The van der Waals surface area contributed by atoms with Gasteiger partial charge < -0.3 is 10.0 Å². The second-order valence-corrected chi connectivity index (χ2v) is 7.25. The fraction of sp³-hybridized carbons (Fsp3) is 0.500. The van der Waals surface area contributed by atoms with E-state index in [0.29, 0.717) is 19.4 Å². The maximum Gasteiger partial charge on any atom is 0.307 e. The van der Waals surface area contributed by atoms with Crippen LogP contribution in [0.25, 0.3) is 0 Å². The second-order valence-electron chi connectivity index (χ2n) is 7.25. The summed E-state index contributed by atoms with van der Waals surface area (Å²) in [4.78, 5) is 26.7. The topological polar surface area (TPSA) is 57.6 Å². The molecule has 0 saturated carbocycles. The molecule has 0 bridgehead atoms. The van der Waals surface area contributed by atoms with Crippen LogP contribution in [0.5, 0.6) is 0 Å². The van der Waals surface area contributed by atoms with Crippen LogP contribution in [0.3, 0.4) is 0 Å². The Morgan fingerprint density at radius 3 is 2.42 bits per heavy atom. The number of hydrogen-bond donors (Lipinski definition) is 1. The van der Waals surface area contributed by atoms with E-state index in [0.717, 1.165) is 29.7 Å². The van der Waals surface area contributed by atoms with Crippen molar-refractivity contribution < 1.29 is 14.7 Å². The molecule has 1 amide bonds. The van der Waals surface area contributed by atoms with Crippen LogP contribution in [0.4, 0.5) is 5.69 Å². The van der Waals surface area contributed by atoms with Gasteiger partial charge in [0.15, 0.2) is 0 Å². The van der Waals surface area contributed by atoms with Gasteiger partial charge >= 0.3 is 5.97 Å². The van der Waals surface area contributed by atoms with Crippen molar-refractivity contribution in [3.05, 3.63) is 40.5 Å². The Labute approximate surface area is 143 Å². The lowest BCUT2D eigenvalue weighted by atomic mass is 9.75. The van der Waals surface area contributed by atoms with Crippen molar-refractivity contribution in [3.63, 3.8) is 0 Å². The number of carboxylic acid groups (broad SMARTS) is 1. The number of fused-ring (bicyclic) bond motifs is 1. The number of nitrogens with zero attached hydrogens (tertiary/aromatic N) is 1. The summed E-state index contributed by atoms with van der Waals surface area (Å²) in [5.74, 6) is -1.96. The van der Waals surface area contributed by atoms with Gasteiger partial charge in [-0.05, 0) is 58.1 Å². The lowest BCUT2D eigenvalue weighted by Crippen LogP contribution is -2.44. The Bertz CT molecular complexity index is 720. The minimum absolute atomic E-state index is 0.0287. The maximum atomic E-state index is 13.2. The van der Waals surface area contributed by atoms with Crippen LogP contribution in [0.15, 0.2) is 29.3 Å². The van der Waals surface area contributed by atoms with Crippen molar-refractivity contribution in [1.82, 2.24) is 0 Å². The fourth-order valence-corrected chi connectivity index (χ4v) is 3.97. The summed E-state index contributed by atoms with van der Waals surface area (Å²) < 4.78 is 0. The van der Waals surface area contributed by atoms with E-state index in [1.54, 1.807) is 0 Å². The number of carbonyl (C=O) groups is 2. The molecule has 4 heteroatoms. The normalized spacial score (nSPS) is 23.9. The Morgan fingerprint density at radius 1 is 1.08 bits per heavy atom. The number of hydrogen-bond acceptors (Lipinski definition) is 2. The summed E-state index contributed by atoms with van der Waals surface area (Å²) in [5.41, 5.74) is 5.62. The van der Waals surface area contributed by atoms with Crippen LogP contribution in [-0.2, 0) is 16.0 Å². The molecule has 0 radical (unpaired) electrons. The molecular weight excluding hydrogens is 302 g/mol. The Hall–Kier alpha value is -2.10. The molecule has 2 aliphatic rings. The third-order valence-electron chi connectivity index (χ3n) is 5.52. The van der Waals surface area contributed by atoms with E-state index in [2.05, 4.69) is 13.0 Å². The molecule has 0 aromatic heterocycles. The molecule has 0 spiro atoms. The van der Waals surface area contributed by atoms with Crippen molar-refractivity contribution in [2.24, 2.45) is 11.8 Å². The zero-order valence-electron chi connectivity index (χ0n) is 14.6. The van der Waals surface area contributed by atoms with E-state index < -0.39 is 17.8 Å². The first kappa shape index (κ1) is 16.7. The molecule has 1 heterocycles. The Balaban J connectivity index is 1.93. The average Bonchev–Trinajstić information content (AvgIpc) is 2.55. The zero-order chi connectivity index (χ0) is 17.4. The number of benzene rings is 1. The minimum Gasteiger partial charge on any atom is -0.481 e. The molecule has 128 valence electrons. The number of carboxylic acids is 1. The van der Waals surface area contributed by atoms with Gasteiger partial charge in [-0.25, -0.2) is 0 Å². The summed E-state index contributed by atoms with van der Waals surface area (Å²) in [6.07, 6.45) is 2.94. The number of carbonyl (C=O) groups excluding carboxylic acids is 1. The standard InChI is InChI=1S/C20H25NO3/c1-12-6-7-18-15(9-12)5-4-8-21(18)19(22)16-10-13(2)14(3)11-17(16)20(23)24/h6-7,9,16-17H,4-5,8,10-11H2,1-3H3,(H,23,24)/t16-,17+/m1/s1. The molecule has 0 fully saturated rings. The molecule has 24 heavy (non-hydrogen) atoms. The maximum absolute atomic E-state index is 13.2. The lowest BCUT2D eigenvalue weighted by molar-refractivity contribution is -0.147. The van der Waals surface area contributed by atoms with Crippen LogP contribution in [0.2, 0.25) is 0 Å². The lowest BCUT2D eigenvalue weighted by Gasteiger charge is -2.36. The summed E-state index contributed by atoms with van der Waals surface area (Å²) in [6.45, 7) is 6.73. The van der Waals surface area contributed by atoms with Gasteiger partial charge in [0.05, 0.1) is 11.8 Å². The fourth-order valence-electron chi connectivity index (χ4n) is 3.97. The zero-order valence-corrected chi connectivity index (χ0v) is 14.6. The molecule has 3 rings (SSSR count). The molecule has 1 N–H and O–H groups in total. The van der Waals surface area contributed by atoms with Gasteiger partial charge in [0, 0.05) is 12.2 Å². The van der Waals surface area contributed by atoms with E-state index >= 15 is 0 Å². The van der Waals surface area contributed by atoms with Gasteiger partial charge in [0.2, 0.25) is 5.91 Å². The first-order valence-electron chi connectivity index (χ1n) is 8.67. The summed E-state index contributed by atoms with van der Waals surface area (Å²) in [6, 6.07) is 6.17. The Kier molecular flexibility index (Phi) is 4.48. The van der Waals surface area contributed by atoms with Gasteiger partial charge in [-0.1, -0.05) is 28.8 Å². The first-order chi connectivity index (χ1) is 11.4. The molecule has 4 nitrogen and oxygen atoms in total. The van der Waals surface area contributed by atoms with Crippen LogP contribution < -0.4 is 4.90 Å². The highest BCUT2D eigenvalue weighted by Crippen LogP contribution is 2.38. The highest BCUT2D eigenvalue weighted by Gasteiger charge is 2.40. The number of aliphatic carboxylic acids is 1. The van der Waals surface area contributed by atoms with Gasteiger partial charge in [-0.2, -0.15) is 0 Å². The number of amides is 1. The Morgan fingerprint density at radius 2 is 1.75 bits per heavy atom. The second kappa shape index (κ2) is 6.42. The quantitative estimate of drug-likeness (QED) is 0.842. The van der Waals surface area contributed by atoms with Crippen molar-refractivity contribution in [2.75, 3.05) is 11.4 Å². The molecule has 0 saturated heterocycles. The monoisotopic (exact) mass is 327 g/mol. The molecule has 1 aromatic rings. The number of rotatable bonds is 2. The molecule has 1 aliphatic heterocycles. The highest BCUT2D eigenvalue weighted by molar-refractivity contribution is 5.98. The molecule has 1 aliphatic carbocycles. The van der Waals surface area contributed by atoms with Gasteiger partial charge in [0.25, 0.3) is 0 Å². The smallest absolute Gasteiger partial charge is 0.307 e. The predicted octanol–water partition coefficient (Wildman–Crippen LogP) is 3.72. The van der Waals surface area contributed by atoms with E-state index in [4.69, 9.17) is 0 Å². The van der Waals surface area contributed by atoms with Crippen molar-refractivity contribution in [1.29, 1.82) is 0 Å². The molecular formula is C20H25NO3. The third kappa shape index (κ3) is 2.97. The number of allylic oxidation sites excluding steroid dienone is 2. The van der Waals surface area contributed by atoms with E-state index in [1.807, 2.05) is 30.9 Å². The van der Waals surface area contributed by atoms with Gasteiger partial charge in [-0.3, -0.25) is 9.59 Å². The van der Waals surface area contributed by atoms with Crippen molar-refractivity contribution in [2.45, 2.75) is 46.5 Å². The first-order valence-corrected chi connectivity index (χ1v) is 8.67.